The molecule has 102 valence electrons. The summed E-state index contributed by atoms with van der Waals surface area (Å²) >= 11 is 4.11. The first-order chi connectivity index (χ1) is 7.86. The van der Waals surface area contributed by atoms with Crippen molar-refractivity contribution in [3.63, 3.8) is 0 Å². The van der Waals surface area contributed by atoms with Crippen LogP contribution in [0.4, 0.5) is 8.78 Å². The molecule has 0 saturated carbocycles. The fourth-order valence-corrected chi connectivity index (χ4v) is 3.56. The van der Waals surface area contributed by atoms with Crippen LogP contribution in [0, 0.1) is 0 Å². The lowest BCUT2D eigenvalue weighted by molar-refractivity contribution is -0.215. The van der Waals surface area contributed by atoms with Crippen LogP contribution >= 0.6 is 45.2 Å². The average Bonchev–Trinajstić information content (AvgIpc) is 2.40. The largest absolute Gasteiger partial charge is 0.383 e. The van der Waals surface area contributed by atoms with Gasteiger partial charge in [-0.25, -0.2) is 9.80 Å². The Kier molecular flexibility index (Phi) is 6.25. The van der Waals surface area contributed by atoms with Crippen LogP contribution in [0.2, 0.25) is 0 Å². The van der Waals surface area contributed by atoms with Crippen molar-refractivity contribution in [3.05, 3.63) is 0 Å². The summed E-state index contributed by atoms with van der Waals surface area (Å²) in [5, 5.41) is 0. The van der Waals surface area contributed by atoms with Crippen molar-refractivity contribution in [1.82, 2.24) is 9.80 Å². The van der Waals surface area contributed by atoms with Crippen molar-refractivity contribution in [2.24, 2.45) is 0 Å². The van der Waals surface area contributed by atoms with Crippen molar-refractivity contribution in [2.75, 3.05) is 47.1 Å². The van der Waals surface area contributed by atoms with Gasteiger partial charge in [-0.05, 0) is 45.2 Å². The molecule has 0 atom stereocenters. The van der Waals surface area contributed by atoms with E-state index in [9.17, 15) is 8.78 Å². The van der Waals surface area contributed by atoms with Crippen LogP contribution in [0.15, 0.2) is 0 Å². The van der Waals surface area contributed by atoms with E-state index in [1.54, 1.807) is 0 Å². The van der Waals surface area contributed by atoms with Gasteiger partial charge in [0.05, 0.1) is 13.2 Å². The molecule has 0 spiro atoms. The molecule has 0 N–H and O–H groups in total. The molecular formula is C9H16F2I2N2O2. The van der Waals surface area contributed by atoms with Crippen LogP contribution in [0.3, 0.4) is 0 Å². The lowest BCUT2D eigenvalue weighted by Crippen LogP contribution is -2.50. The van der Waals surface area contributed by atoms with Crippen molar-refractivity contribution >= 4 is 45.2 Å². The summed E-state index contributed by atoms with van der Waals surface area (Å²) < 4.78 is 37.4. The average molecular weight is 476 g/mol. The number of methoxy groups -OCH3 is 2. The molecule has 0 aliphatic carbocycles. The molecule has 17 heavy (non-hydrogen) atoms. The summed E-state index contributed by atoms with van der Waals surface area (Å²) in [7, 11) is 3.03. The van der Waals surface area contributed by atoms with Crippen LogP contribution < -0.4 is 0 Å². The zero-order valence-electron chi connectivity index (χ0n) is 9.76. The second-order valence-electron chi connectivity index (χ2n) is 3.73. The minimum absolute atomic E-state index is 0.207. The highest BCUT2D eigenvalue weighted by Crippen LogP contribution is 2.47. The van der Waals surface area contributed by atoms with E-state index in [4.69, 9.17) is 9.47 Å². The SMILES string of the molecule is COCCN1CC(I)(I)N(CCOC)C1(F)F. The van der Waals surface area contributed by atoms with Gasteiger partial charge >= 0.3 is 6.17 Å². The third-order valence-corrected chi connectivity index (χ3v) is 4.41. The molecule has 0 aromatic rings. The maximum atomic E-state index is 14.1. The van der Waals surface area contributed by atoms with E-state index in [0.29, 0.717) is 19.8 Å². The molecule has 4 nitrogen and oxygen atoms in total. The summed E-state index contributed by atoms with van der Waals surface area (Å²) in [6, 6.07) is 0. The second-order valence-corrected chi connectivity index (χ2v) is 9.37. The number of rotatable bonds is 6. The topological polar surface area (TPSA) is 24.9 Å². The molecule has 1 aliphatic rings. The Labute approximate surface area is 127 Å². The highest BCUT2D eigenvalue weighted by Gasteiger charge is 2.59. The number of hydrogen-bond donors (Lipinski definition) is 0. The quantitative estimate of drug-likeness (QED) is 0.333. The Morgan fingerprint density at radius 3 is 2.18 bits per heavy atom. The number of hydrogen-bond acceptors (Lipinski definition) is 4. The van der Waals surface area contributed by atoms with E-state index >= 15 is 0 Å². The van der Waals surface area contributed by atoms with Crippen molar-refractivity contribution < 1.29 is 18.3 Å². The molecule has 1 fully saturated rings. The Morgan fingerprint density at radius 1 is 1.12 bits per heavy atom. The van der Waals surface area contributed by atoms with Crippen molar-refractivity contribution in [3.8, 4) is 0 Å². The van der Waals surface area contributed by atoms with E-state index < -0.39 is 7.72 Å². The van der Waals surface area contributed by atoms with E-state index in [-0.39, 0.29) is 13.1 Å². The van der Waals surface area contributed by atoms with Gasteiger partial charge in [0.2, 0.25) is 0 Å². The van der Waals surface area contributed by atoms with Gasteiger partial charge in [0, 0.05) is 33.9 Å². The van der Waals surface area contributed by atoms with Crippen LogP contribution in [-0.4, -0.2) is 64.6 Å². The Bertz CT molecular complexity index is 257. The standard InChI is InChI=1S/C9H16F2I2N2O2/c1-16-5-3-14-7-8(12,13)15(4-6-17-2)9(14,10)11/h3-7H2,1-2H3. The first kappa shape index (κ1) is 16.2. The molecule has 1 saturated heterocycles. The van der Waals surface area contributed by atoms with Gasteiger partial charge in [0.15, 0.2) is 0 Å². The molecular weight excluding hydrogens is 460 g/mol. The summed E-state index contributed by atoms with van der Waals surface area (Å²) in [5.41, 5.74) is 0. The summed E-state index contributed by atoms with van der Waals surface area (Å²) in [6.45, 7) is 1.33. The number of nitrogens with zero attached hydrogens (tertiary/aromatic N) is 2. The highest BCUT2D eigenvalue weighted by atomic mass is 127. The molecule has 0 unspecified atom stereocenters. The van der Waals surface area contributed by atoms with Gasteiger partial charge in [0.25, 0.3) is 0 Å². The first-order valence-corrected chi connectivity index (χ1v) is 7.28. The minimum atomic E-state index is -2.94. The molecule has 0 aromatic carbocycles. The predicted octanol–water partition coefficient (Wildman–Crippen LogP) is 1.97. The molecule has 1 heterocycles. The third kappa shape index (κ3) is 3.81. The van der Waals surface area contributed by atoms with Crippen LogP contribution in [-0.2, 0) is 9.47 Å². The van der Waals surface area contributed by atoms with E-state index in [0.717, 1.165) is 4.90 Å². The van der Waals surface area contributed by atoms with Crippen LogP contribution in [0.1, 0.15) is 0 Å². The Balaban J connectivity index is 2.73. The highest BCUT2D eigenvalue weighted by molar-refractivity contribution is 14.2. The smallest absolute Gasteiger partial charge is 0.371 e. The van der Waals surface area contributed by atoms with Crippen LogP contribution in [0.5, 0.6) is 0 Å². The van der Waals surface area contributed by atoms with E-state index in [2.05, 4.69) is 45.2 Å². The fraction of sp³-hybridized carbons (Fsp3) is 1.00. The molecule has 8 heteroatoms. The molecule has 0 aromatic heterocycles. The van der Waals surface area contributed by atoms with Gasteiger partial charge < -0.3 is 9.47 Å². The van der Waals surface area contributed by atoms with Gasteiger partial charge in [-0.1, -0.05) is 0 Å². The summed E-state index contributed by atoms with van der Waals surface area (Å²) in [4.78, 5) is 2.31. The maximum absolute atomic E-state index is 14.1. The Morgan fingerprint density at radius 2 is 1.65 bits per heavy atom. The molecule has 0 bridgehead atoms. The van der Waals surface area contributed by atoms with E-state index in [1.165, 1.54) is 19.1 Å². The zero-order chi connectivity index (χ0) is 13.1. The predicted molar refractivity (Wildman–Crippen MR) is 77.7 cm³/mol. The zero-order valence-corrected chi connectivity index (χ0v) is 14.1. The van der Waals surface area contributed by atoms with E-state index in [1.807, 2.05) is 0 Å². The van der Waals surface area contributed by atoms with Gasteiger partial charge in [-0.3, -0.25) is 0 Å². The summed E-state index contributed by atoms with van der Waals surface area (Å²) in [5.74, 6) is 0. The van der Waals surface area contributed by atoms with Crippen LogP contribution in [0.25, 0.3) is 0 Å². The number of ether oxygens (including phenoxy) is 2. The monoisotopic (exact) mass is 476 g/mol. The second kappa shape index (κ2) is 6.55. The fourth-order valence-electron chi connectivity index (χ4n) is 1.67. The lowest BCUT2D eigenvalue weighted by Gasteiger charge is -2.31. The molecule has 1 aliphatic heterocycles. The molecule has 0 radical (unpaired) electrons. The first-order valence-electron chi connectivity index (χ1n) is 5.12. The van der Waals surface area contributed by atoms with Crippen molar-refractivity contribution in [2.45, 2.75) is 7.72 Å². The Hall–Kier alpha value is 1.16. The minimum Gasteiger partial charge on any atom is -0.383 e. The maximum Gasteiger partial charge on any atom is 0.371 e. The lowest BCUT2D eigenvalue weighted by atomic mass is 10.5. The number of halogens is 4. The molecule has 1 rings (SSSR count). The summed E-state index contributed by atoms with van der Waals surface area (Å²) in [6.07, 6.45) is -2.94. The van der Waals surface area contributed by atoms with Crippen molar-refractivity contribution in [1.29, 1.82) is 0 Å². The number of alkyl halides is 4. The third-order valence-electron chi connectivity index (χ3n) is 2.57. The van der Waals surface area contributed by atoms with Gasteiger partial charge in [-0.2, -0.15) is 8.78 Å². The normalized spacial score (nSPS) is 24.4. The molecule has 0 amide bonds. The van der Waals surface area contributed by atoms with Gasteiger partial charge in [-0.15, -0.1) is 0 Å². The van der Waals surface area contributed by atoms with Gasteiger partial charge in [0.1, 0.15) is 1.55 Å².